The molecule has 0 bridgehead atoms. The van der Waals surface area contributed by atoms with Gasteiger partial charge in [-0.1, -0.05) is 12.1 Å². The van der Waals surface area contributed by atoms with Gasteiger partial charge in [0.25, 0.3) is 5.91 Å². The number of para-hydroxylation sites is 1. The van der Waals surface area contributed by atoms with E-state index in [0.29, 0.717) is 24.0 Å². The predicted molar refractivity (Wildman–Crippen MR) is 75.4 cm³/mol. The van der Waals surface area contributed by atoms with Crippen LogP contribution in [0.25, 0.3) is 0 Å². The van der Waals surface area contributed by atoms with Crippen LogP contribution in [0.4, 0.5) is 0 Å². The molecule has 2 rings (SSSR count). The normalized spacial score (nSPS) is 19.6. The van der Waals surface area contributed by atoms with Gasteiger partial charge in [-0.05, 0) is 19.1 Å². The molecule has 1 fully saturated rings. The van der Waals surface area contributed by atoms with Crippen LogP contribution in [0.2, 0.25) is 0 Å². The third kappa shape index (κ3) is 3.69. The van der Waals surface area contributed by atoms with Crippen molar-refractivity contribution in [3.63, 3.8) is 0 Å². The summed E-state index contributed by atoms with van der Waals surface area (Å²) in [7, 11) is 0. The molecule has 3 N–H and O–H groups in total. The highest BCUT2D eigenvalue weighted by atomic mass is 16.5. The Hall–Kier alpha value is -1.63. The average molecular weight is 279 g/mol. The fourth-order valence-electron chi connectivity index (χ4n) is 2.22. The van der Waals surface area contributed by atoms with E-state index in [-0.39, 0.29) is 5.91 Å². The fourth-order valence-corrected chi connectivity index (χ4v) is 2.22. The number of hydrogen-bond donors (Lipinski definition) is 2. The lowest BCUT2D eigenvalue weighted by atomic mass is 10.2. The lowest BCUT2D eigenvalue weighted by Gasteiger charge is -2.33. The number of hydrogen-bond acceptors (Lipinski definition) is 5. The van der Waals surface area contributed by atoms with E-state index in [4.69, 9.17) is 15.3 Å². The van der Waals surface area contributed by atoms with Gasteiger partial charge in [0.15, 0.2) is 0 Å². The fraction of sp³-hybridized carbons (Fsp3) is 0.500. The number of carbonyl (C=O) groups is 1. The summed E-state index contributed by atoms with van der Waals surface area (Å²) in [6.45, 7) is 5.90. The Morgan fingerprint density at radius 3 is 3.10 bits per heavy atom. The Balaban J connectivity index is 1.89. The molecular formula is C14H21N3O3. The van der Waals surface area contributed by atoms with Crippen molar-refractivity contribution in [1.29, 1.82) is 0 Å². The number of hydrazine groups is 1. The van der Waals surface area contributed by atoms with Gasteiger partial charge in [-0.2, -0.15) is 0 Å². The molecule has 1 atom stereocenters. The minimum Gasteiger partial charge on any atom is -0.491 e. The second kappa shape index (κ2) is 7.23. The van der Waals surface area contributed by atoms with E-state index in [2.05, 4.69) is 17.2 Å². The number of ether oxygens (including phenoxy) is 2. The zero-order valence-electron chi connectivity index (χ0n) is 11.7. The molecule has 1 aromatic rings. The van der Waals surface area contributed by atoms with Crippen LogP contribution in [0.15, 0.2) is 24.3 Å². The first-order chi connectivity index (χ1) is 9.72. The summed E-state index contributed by atoms with van der Waals surface area (Å²) >= 11 is 0. The van der Waals surface area contributed by atoms with Crippen molar-refractivity contribution in [3.05, 3.63) is 29.8 Å². The highest BCUT2D eigenvalue weighted by molar-refractivity contribution is 5.96. The zero-order chi connectivity index (χ0) is 14.4. The van der Waals surface area contributed by atoms with Crippen molar-refractivity contribution in [2.75, 3.05) is 32.9 Å². The highest BCUT2D eigenvalue weighted by Gasteiger charge is 2.18. The molecule has 0 spiro atoms. The first kappa shape index (κ1) is 14.8. The topological polar surface area (TPSA) is 76.8 Å². The van der Waals surface area contributed by atoms with Crippen molar-refractivity contribution < 1.29 is 14.3 Å². The number of nitrogens with two attached hydrogens (primary N) is 1. The summed E-state index contributed by atoms with van der Waals surface area (Å²) in [5, 5.41) is 0. The number of benzene rings is 1. The van der Waals surface area contributed by atoms with E-state index < -0.39 is 0 Å². The van der Waals surface area contributed by atoms with E-state index in [1.54, 1.807) is 18.2 Å². The maximum Gasteiger partial charge on any atom is 0.268 e. The lowest BCUT2D eigenvalue weighted by Crippen LogP contribution is -2.45. The summed E-state index contributed by atoms with van der Waals surface area (Å²) in [6.07, 6.45) is 0. The monoisotopic (exact) mass is 279 g/mol. The molecule has 0 aliphatic carbocycles. The first-order valence-electron chi connectivity index (χ1n) is 6.77. The number of nitrogens with one attached hydrogen (secondary N) is 1. The second-order valence-electron chi connectivity index (χ2n) is 4.78. The van der Waals surface area contributed by atoms with Crippen LogP contribution in [-0.2, 0) is 4.74 Å². The van der Waals surface area contributed by atoms with Gasteiger partial charge in [0.2, 0.25) is 0 Å². The van der Waals surface area contributed by atoms with Crippen LogP contribution in [0.5, 0.6) is 5.75 Å². The summed E-state index contributed by atoms with van der Waals surface area (Å²) < 4.78 is 11.1. The van der Waals surface area contributed by atoms with Gasteiger partial charge in [0.05, 0.1) is 18.8 Å². The van der Waals surface area contributed by atoms with Crippen molar-refractivity contribution in [1.82, 2.24) is 10.3 Å². The molecule has 6 heteroatoms. The third-order valence-corrected chi connectivity index (χ3v) is 3.40. The van der Waals surface area contributed by atoms with Crippen LogP contribution < -0.4 is 16.0 Å². The van der Waals surface area contributed by atoms with Gasteiger partial charge in [-0.25, -0.2) is 5.84 Å². The van der Waals surface area contributed by atoms with Gasteiger partial charge in [0.1, 0.15) is 12.4 Å². The Morgan fingerprint density at radius 1 is 1.55 bits per heavy atom. The SMILES string of the molecule is CC1COCCN1CCOc1ccccc1C(=O)NN. The van der Waals surface area contributed by atoms with E-state index in [1.807, 2.05) is 6.07 Å². The largest absolute Gasteiger partial charge is 0.491 e. The number of carbonyl (C=O) groups excluding carboxylic acids is 1. The molecule has 110 valence electrons. The summed E-state index contributed by atoms with van der Waals surface area (Å²) in [4.78, 5) is 13.9. The number of nitrogen functional groups attached to an aromatic ring is 1. The van der Waals surface area contributed by atoms with Crippen LogP contribution in [-0.4, -0.2) is 49.8 Å². The van der Waals surface area contributed by atoms with Crippen LogP contribution in [0.3, 0.4) is 0 Å². The van der Waals surface area contributed by atoms with E-state index >= 15 is 0 Å². The minimum absolute atomic E-state index is 0.347. The first-order valence-corrected chi connectivity index (χ1v) is 6.77. The Kier molecular flexibility index (Phi) is 5.34. The summed E-state index contributed by atoms with van der Waals surface area (Å²) in [6, 6.07) is 7.47. The third-order valence-electron chi connectivity index (χ3n) is 3.40. The maximum absolute atomic E-state index is 11.6. The van der Waals surface area contributed by atoms with E-state index in [9.17, 15) is 4.79 Å². The Morgan fingerprint density at radius 2 is 2.35 bits per heavy atom. The number of morpholine rings is 1. The number of nitrogens with zero attached hydrogens (tertiary/aromatic N) is 1. The highest BCUT2D eigenvalue weighted by Crippen LogP contribution is 2.17. The average Bonchev–Trinajstić information content (AvgIpc) is 2.49. The maximum atomic E-state index is 11.6. The Labute approximate surface area is 118 Å². The molecule has 1 aromatic carbocycles. The zero-order valence-corrected chi connectivity index (χ0v) is 11.7. The van der Waals surface area contributed by atoms with Crippen LogP contribution >= 0.6 is 0 Å². The predicted octanol–water partition coefficient (Wildman–Crippen LogP) is 0.390. The van der Waals surface area contributed by atoms with Gasteiger partial charge in [-0.3, -0.25) is 15.1 Å². The molecule has 1 unspecified atom stereocenters. The molecule has 1 heterocycles. The molecule has 1 saturated heterocycles. The molecule has 1 aliphatic heterocycles. The Bertz CT molecular complexity index is 453. The molecule has 0 radical (unpaired) electrons. The van der Waals surface area contributed by atoms with Crippen molar-refractivity contribution in [2.45, 2.75) is 13.0 Å². The van der Waals surface area contributed by atoms with Gasteiger partial charge in [-0.15, -0.1) is 0 Å². The minimum atomic E-state index is -0.347. The van der Waals surface area contributed by atoms with Crippen molar-refractivity contribution in [3.8, 4) is 5.75 Å². The smallest absolute Gasteiger partial charge is 0.268 e. The number of rotatable bonds is 5. The van der Waals surface area contributed by atoms with Crippen molar-refractivity contribution in [2.24, 2.45) is 5.84 Å². The molecular weight excluding hydrogens is 258 g/mol. The van der Waals surface area contributed by atoms with E-state index in [0.717, 1.165) is 26.3 Å². The standard InChI is InChI=1S/C14H21N3O3/c1-11-10-19-8-6-17(11)7-9-20-13-5-3-2-4-12(13)14(18)16-15/h2-5,11H,6-10,15H2,1H3,(H,16,18). The van der Waals surface area contributed by atoms with Crippen LogP contribution in [0.1, 0.15) is 17.3 Å². The molecule has 1 amide bonds. The van der Waals surface area contributed by atoms with Gasteiger partial charge in [0, 0.05) is 19.1 Å². The molecule has 0 saturated carbocycles. The quantitative estimate of drug-likeness (QED) is 0.463. The number of amides is 1. The summed E-state index contributed by atoms with van der Waals surface area (Å²) in [5.41, 5.74) is 2.57. The lowest BCUT2D eigenvalue weighted by molar-refractivity contribution is -0.00517. The van der Waals surface area contributed by atoms with E-state index in [1.165, 1.54) is 0 Å². The summed E-state index contributed by atoms with van der Waals surface area (Å²) in [5.74, 6) is 5.36. The second-order valence-corrected chi connectivity index (χ2v) is 4.78. The van der Waals surface area contributed by atoms with Gasteiger partial charge < -0.3 is 9.47 Å². The molecule has 1 aliphatic rings. The van der Waals surface area contributed by atoms with Gasteiger partial charge >= 0.3 is 0 Å². The molecule has 20 heavy (non-hydrogen) atoms. The molecule has 0 aromatic heterocycles. The van der Waals surface area contributed by atoms with Crippen LogP contribution in [0, 0.1) is 0 Å². The molecule has 6 nitrogen and oxygen atoms in total. The van der Waals surface area contributed by atoms with Crippen molar-refractivity contribution >= 4 is 5.91 Å².